The maximum atomic E-state index is 12.7. The molecule has 0 spiro atoms. The molecule has 2 aromatic rings. The zero-order valence-corrected chi connectivity index (χ0v) is 12.6. The van der Waals surface area contributed by atoms with Crippen LogP contribution in [0.25, 0.3) is 0 Å². The van der Waals surface area contributed by atoms with Crippen LogP contribution in [0.2, 0.25) is 0 Å². The molecule has 2 N–H and O–H groups in total. The fourth-order valence-corrected chi connectivity index (χ4v) is 3.64. The first kappa shape index (κ1) is 14.4. The SMILES string of the molecule is CCN(c1cccc(C)c1)S(=O)(=O)c1cn(C)nc1N. The number of nitrogen functional groups attached to an aromatic ring is 1. The third-order valence-electron chi connectivity index (χ3n) is 2.97. The summed E-state index contributed by atoms with van der Waals surface area (Å²) in [5, 5.41) is 3.89. The molecule has 2 rings (SSSR count). The van der Waals surface area contributed by atoms with Crippen LogP contribution in [0.3, 0.4) is 0 Å². The van der Waals surface area contributed by atoms with Crippen LogP contribution in [0.4, 0.5) is 11.5 Å². The van der Waals surface area contributed by atoms with E-state index in [1.165, 1.54) is 15.2 Å². The molecule has 1 aromatic carbocycles. The summed E-state index contributed by atoms with van der Waals surface area (Å²) in [4.78, 5) is 0.0309. The van der Waals surface area contributed by atoms with Gasteiger partial charge in [0, 0.05) is 19.8 Å². The van der Waals surface area contributed by atoms with Crippen LogP contribution in [0.5, 0.6) is 0 Å². The van der Waals surface area contributed by atoms with Crippen molar-refractivity contribution in [1.82, 2.24) is 9.78 Å². The first-order valence-electron chi connectivity index (χ1n) is 6.24. The average Bonchev–Trinajstić information content (AvgIpc) is 2.70. The summed E-state index contributed by atoms with van der Waals surface area (Å²) in [6.45, 7) is 4.02. The predicted octanol–water partition coefficient (Wildman–Crippen LogP) is 1.53. The molecule has 6 nitrogen and oxygen atoms in total. The van der Waals surface area contributed by atoms with E-state index in [1.54, 1.807) is 20.0 Å². The van der Waals surface area contributed by atoms with E-state index in [2.05, 4.69) is 5.10 Å². The number of anilines is 2. The number of hydrogen-bond donors (Lipinski definition) is 1. The lowest BCUT2D eigenvalue weighted by Gasteiger charge is -2.22. The summed E-state index contributed by atoms with van der Waals surface area (Å²) >= 11 is 0. The van der Waals surface area contributed by atoms with E-state index in [1.807, 2.05) is 25.1 Å². The zero-order chi connectivity index (χ0) is 14.9. The molecule has 0 unspecified atom stereocenters. The minimum Gasteiger partial charge on any atom is -0.381 e. The average molecular weight is 294 g/mol. The van der Waals surface area contributed by atoms with Gasteiger partial charge in [0.05, 0.1) is 5.69 Å². The van der Waals surface area contributed by atoms with E-state index < -0.39 is 10.0 Å². The topological polar surface area (TPSA) is 81.2 Å². The Kier molecular flexibility index (Phi) is 3.71. The number of sulfonamides is 1. The molecular weight excluding hydrogens is 276 g/mol. The molecule has 0 radical (unpaired) electrons. The largest absolute Gasteiger partial charge is 0.381 e. The van der Waals surface area contributed by atoms with Crippen LogP contribution in [0.1, 0.15) is 12.5 Å². The molecule has 0 aliphatic rings. The Morgan fingerprint density at radius 1 is 1.40 bits per heavy atom. The molecule has 0 aliphatic carbocycles. The van der Waals surface area contributed by atoms with Gasteiger partial charge in [-0.15, -0.1) is 0 Å². The maximum absolute atomic E-state index is 12.7. The van der Waals surface area contributed by atoms with Crippen LogP contribution in [-0.2, 0) is 17.1 Å². The lowest BCUT2D eigenvalue weighted by atomic mass is 10.2. The minimum atomic E-state index is -3.71. The van der Waals surface area contributed by atoms with Crippen LogP contribution in [-0.4, -0.2) is 24.7 Å². The fourth-order valence-electron chi connectivity index (χ4n) is 2.08. The highest BCUT2D eigenvalue weighted by Gasteiger charge is 2.27. The van der Waals surface area contributed by atoms with Gasteiger partial charge in [-0.2, -0.15) is 5.10 Å². The van der Waals surface area contributed by atoms with Crippen molar-refractivity contribution in [2.24, 2.45) is 7.05 Å². The van der Waals surface area contributed by atoms with Gasteiger partial charge >= 0.3 is 0 Å². The van der Waals surface area contributed by atoms with E-state index in [9.17, 15) is 8.42 Å². The highest BCUT2D eigenvalue weighted by Crippen LogP contribution is 2.26. The second-order valence-corrected chi connectivity index (χ2v) is 6.39. The zero-order valence-electron chi connectivity index (χ0n) is 11.7. The Morgan fingerprint density at radius 2 is 2.10 bits per heavy atom. The Hall–Kier alpha value is -2.02. The highest BCUT2D eigenvalue weighted by molar-refractivity contribution is 7.93. The van der Waals surface area contributed by atoms with Gasteiger partial charge < -0.3 is 5.73 Å². The first-order valence-corrected chi connectivity index (χ1v) is 7.68. The van der Waals surface area contributed by atoms with Crippen molar-refractivity contribution >= 4 is 21.5 Å². The molecule has 1 heterocycles. The molecule has 0 saturated carbocycles. The van der Waals surface area contributed by atoms with Crippen molar-refractivity contribution in [1.29, 1.82) is 0 Å². The van der Waals surface area contributed by atoms with E-state index in [0.29, 0.717) is 12.2 Å². The molecule has 0 aliphatic heterocycles. The molecule has 7 heteroatoms. The van der Waals surface area contributed by atoms with Gasteiger partial charge in [0.15, 0.2) is 5.82 Å². The minimum absolute atomic E-state index is 0.0126. The second-order valence-electron chi connectivity index (χ2n) is 4.56. The van der Waals surface area contributed by atoms with Crippen LogP contribution in [0, 0.1) is 6.92 Å². The number of aryl methyl sites for hydroxylation is 2. The molecular formula is C13H18N4O2S. The fraction of sp³-hybridized carbons (Fsp3) is 0.308. The third kappa shape index (κ3) is 2.49. The number of nitrogens with two attached hydrogens (primary N) is 1. The Morgan fingerprint density at radius 3 is 2.60 bits per heavy atom. The van der Waals surface area contributed by atoms with Crippen molar-refractivity contribution in [2.75, 3.05) is 16.6 Å². The predicted molar refractivity (Wildman–Crippen MR) is 79.0 cm³/mol. The summed E-state index contributed by atoms with van der Waals surface area (Å²) in [5.41, 5.74) is 7.31. The van der Waals surface area contributed by atoms with Crippen molar-refractivity contribution in [2.45, 2.75) is 18.7 Å². The molecule has 108 valence electrons. The summed E-state index contributed by atoms with van der Waals surface area (Å²) in [6, 6.07) is 7.34. The highest BCUT2D eigenvalue weighted by atomic mass is 32.2. The van der Waals surface area contributed by atoms with Gasteiger partial charge in [0.25, 0.3) is 10.0 Å². The standard InChI is InChI=1S/C13H18N4O2S/c1-4-17(11-7-5-6-10(2)8-11)20(18,19)12-9-16(3)15-13(12)14/h5-9H,4H2,1-3H3,(H2,14,15). The van der Waals surface area contributed by atoms with Crippen molar-refractivity contribution in [3.05, 3.63) is 36.0 Å². The van der Waals surface area contributed by atoms with Crippen molar-refractivity contribution < 1.29 is 8.42 Å². The Labute approximate surface area is 118 Å². The molecule has 20 heavy (non-hydrogen) atoms. The quantitative estimate of drug-likeness (QED) is 0.927. The Balaban J connectivity index is 2.53. The van der Waals surface area contributed by atoms with Gasteiger partial charge in [0.2, 0.25) is 0 Å². The van der Waals surface area contributed by atoms with Crippen LogP contribution in [0.15, 0.2) is 35.4 Å². The van der Waals surface area contributed by atoms with E-state index in [4.69, 9.17) is 5.73 Å². The molecule has 0 fully saturated rings. The van der Waals surface area contributed by atoms with Crippen LogP contribution >= 0.6 is 0 Å². The monoisotopic (exact) mass is 294 g/mol. The van der Waals surface area contributed by atoms with Gasteiger partial charge in [-0.3, -0.25) is 8.99 Å². The number of nitrogens with zero attached hydrogens (tertiary/aromatic N) is 3. The van der Waals surface area contributed by atoms with Gasteiger partial charge in [-0.1, -0.05) is 12.1 Å². The van der Waals surface area contributed by atoms with Crippen molar-refractivity contribution in [3.63, 3.8) is 0 Å². The maximum Gasteiger partial charge on any atom is 0.269 e. The summed E-state index contributed by atoms with van der Waals surface area (Å²) in [6.07, 6.45) is 1.42. The summed E-state index contributed by atoms with van der Waals surface area (Å²) < 4.78 is 28.1. The van der Waals surface area contributed by atoms with Crippen molar-refractivity contribution in [3.8, 4) is 0 Å². The molecule has 0 atom stereocenters. The number of benzene rings is 1. The Bertz CT molecular complexity index is 722. The van der Waals surface area contributed by atoms with Crippen LogP contribution < -0.4 is 10.0 Å². The van der Waals surface area contributed by atoms with Gasteiger partial charge in [0.1, 0.15) is 4.90 Å². The lowest BCUT2D eigenvalue weighted by Crippen LogP contribution is -2.31. The molecule has 0 amide bonds. The van der Waals surface area contributed by atoms with Gasteiger partial charge in [-0.25, -0.2) is 8.42 Å². The molecule has 0 bridgehead atoms. The number of hydrogen-bond acceptors (Lipinski definition) is 4. The molecule has 0 saturated heterocycles. The summed E-state index contributed by atoms with van der Waals surface area (Å²) in [7, 11) is -2.07. The third-order valence-corrected chi connectivity index (χ3v) is 4.89. The van der Waals surface area contributed by atoms with E-state index in [-0.39, 0.29) is 10.7 Å². The number of rotatable bonds is 4. The molecule has 1 aromatic heterocycles. The second kappa shape index (κ2) is 5.16. The van der Waals surface area contributed by atoms with Gasteiger partial charge in [-0.05, 0) is 31.5 Å². The van der Waals surface area contributed by atoms with E-state index >= 15 is 0 Å². The first-order chi connectivity index (χ1) is 9.36. The lowest BCUT2D eigenvalue weighted by molar-refractivity contribution is 0.592. The normalized spacial score (nSPS) is 11.6. The summed E-state index contributed by atoms with van der Waals surface area (Å²) in [5.74, 6) is 0.0126. The van der Waals surface area contributed by atoms with E-state index in [0.717, 1.165) is 5.56 Å². The smallest absolute Gasteiger partial charge is 0.269 e. The number of aromatic nitrogens is 2.